The third-order valence-corrected chi connectivity index (χ3v) is 6.73. The highest BCUT2D eigenvalue weighted by atomic mass is 79.9. The summed E-state index contributed by atoms with van der Waals surface area (Å²) in [6, 6.07) is 0. The molecule has 72 valence electrons. The van der Waals surface area contributed by atoms with Crippen LogP contribution in [0, 0.1) is 23.7 Å². The number of Topliss-reactive ketones (excluding diaryl/α,β-unsaturated/α-hetero) is 1. The highest BCUT2D eigenvalue weighted by molar-refractivity contribution is 9.10. The lowest BCUT2D eigenvalue weighted by atomic mass is 9.55. The van der Waals surface area contributed by atoms with Gasteiger partial charge in [-0.15, -0.1) is 0 Å². The monoisotopic (exact) mass is 306 g/mol. The van der Waals surface area contributed by atoms with E-state index in [0.717, 1.165) is 24.7 Å². The van der Waals surface area contributed by atoms with E-state index in [4.69, 9.17) is 0 Å². The fourth-order valence-corrected chi connectivity index (χ4v) is 5.96. The Labute approximate surface area is 94.9 Å². The molecule has 0 saturated heterocycles. The predicted molar refractivity (Wildman–Crippen MR) is 58.2 cm³/mol. The normalized spacial score (nSPS) is 58.8. The molecule has 0 amide bonds. The van der Waals surface area contributed by atoms with Gasteiger partial charge < -0.3 is 0 Å². The molecule has 4 aliphatic rings. The van der Waals surface area contributed by atoms with Crippen LogP contribution in [0.2, 0.25) is 0 Å². The number of hydrogen-bond acceptors (Lipinski definition) is 1. The summed E-state index contributed by atoms with van der Waals surface area (Å²) < 4.78 is 0. The quantitative estimate of drug-likeness (QED) is 0.629. The molecule has 0 aromatic rings. The molecule has 4 unspecified atom stereocenters. The largest absolute Gasteiger partial charge is 0.299 e. The van der Waals surface area contributed by atoms with Gasteiger partial charge in [-0.1, -0.05) is 31.9 Å². The van der Waals surface area contributed by atoms with Crippen LogP contribution in [0.25, 0.3) is 0 Å². The zero-order chi connectivity index (χ0) is 9.16. The zero-order valence-electron chi connectivity index (χ0n) is 7.25. The summed E-state index contributed by atoms with van der Waals surface area (Å²) in [5.41, 5.74) is 0. The summed E-state index contributed by atoms with van der Waals surface area (Å²) in [5.74, 6) is 2.77. The summed E-state index contributed by atoms with van der Waals surface area (Å²) in [7, 11) is 0. The summed E-state index contributed by atoms with van der Waals surface area (Å²) in [4.78, 5) is 12.8. The highest BCUT2D eigenvalue weighted by Crippen LogP contribution is 2.56. The standard InChI is InChI=1S/C10H12Br2O/c11-8-4-1-5-3-6(2-4)10(13)7(8)9(5)12/h4-9H,1-3H2/t4?,5?,6?,7?,8-,9+. The van der Waals surface area contributed by atoms with Gasteiger partial charge in [0.1, 0.15) is 5.78 Å². The second-order valence-corrected chi connectivity index (χ2v) is 6.86. The van der Waals surface area contributed by atoms with Crippen molar-refractivity contribution in [3.05, 3.63) is 0 Å². The van der Waals surface area contributed by atoms with Crippen LogP contribution in [-0.2, 0) is 4.79 Å². The molecule has 6 atom stereocenters. The molecule has 0 heterocycles. The number of carbonyl (C=O) groups excluding carboxylic acids is 1. The van der Waals surface area contributed by atoms with Crippen LogP contribution < -0.4 is 0 Å². The van der Waals surface area contributed by atoms with Crippen LogP contribution >= 0.6 is 31.9 Å². The van der Waals surface area contributed by atoms with Crippen molar-refractivity contribution >= 4 is 37.6 Å². The molecule has 4 aliphatic carbocycles. The molecule has 0 radical (unpaired) electrons. The van der Waals surface area contributed by atoms with Gasteiger partial charge in [0.2, 0.25) is 0 Å². The van der Waals surface area contributed by atoms with Crippen LogP contribution in [0.4, 0.5) is 0 Å². The smallest absolute Gasteiger partial charge is 0.141 e. The average Bonchev–Trinajstić information content (AvgIpc) is 2.12. The first-order valence-electron chi connectivity index (χ1n) is 5.00. The Hall–Kier alpha value is 0.630. The van der Waals surface area contributed by atoms with E-state index in [0.29, 0.717) is 21.4 Å². The van der Waals surface area contributed by atoms with Crippen LogP contribution in [0.3, 0.4) is 0 Å². The summed E-state index contributed by atoms with van der Waals surface area (Å²) >= 11 is 7.42. The third-order valence-electron chi connectivity index (χ3n) is 4.10. The lowest BCUT2D eigenvalue weighted by Crippen LogP contribution is -2.57. The minimum Gasteiger partial charge on any atom is -0.299 e. The Morgan fingerprint density at radius 2 is 1.54 bits per heavy atom. The maximum Gasteiger partial charge on any atom is 0.141 e. The molecule has 0 aliphatic heterocycles. The van der Waals surface area contributed by atoms with Crippen molar-refractivity contribution in [1.82, 2.24) is 0 Å². The number of halogens is 2. The molecule has 0 spiro atoms. The van der Waals surface area contributed by atoms with E-state index in [1.807, 2.05) is 0 Å². The Morgan fingerprint density at radius 3 is 2.08 bits per heavy atom. The van der Waals surface area contributed by atoms with Crippen LogP contribution in [0.1, 0.15) is 19.3 Å². The van der Waals surface area contributed by atoms with Crippen molar-refractivity contribution in [1.29, 1.82) is 0 Å². The minimum absolute atomic E-state index is 0.274. The second kappa shape index (κ2) is 2.82. The molecule has 4 rings (SSSR count). The number of ketones is 1. The Morgan fingerprint density at radius 1 is 1.00 bits per heavy atom. The van der Waals surface area contributed by atoms with E-state index < -0.39 is 0 Å². The number of carbonyl (C=O) groups is 1. The van der Waals surface area contributed by atoms with E-state index in [2.05, 4.69) is 31.9 Å². The maximum atomic E-state index is 11.9. The zero-order valence-corrected chi connectivity index (χ0v) is 10.4. The lowest BCUT2D eigenvalue weighted by Gasteiger charge is -2.54. The molecule has 0 aromatic heterocycles. The molecule has 3 heteroatoms. The predicted octanol–water partition coefficient (Wildman–Crippen LogP) is 2.76. The maximum absolute atomic E-state index is 11.9. The van der Waals surface area contributed by atoms with E-state index in [1.165, 1.54) is 6.42 Å². The van der Waals surface area contributed by atoms with E-state index in [1.54, 1.807) is 0 Å². The molecule has 0 aromatic carbocycles. The van der Waals surface area contributed by atoms with Crippen LogP contribution in [0.5, 0.6) is 0 Å². The summed E-state index contributed by atoms with van der Waals surface area (Å²) in [6.07, 6.45) is 3.63. The average molecular weight is 308 g/mol. The molecular formula is C10H12Br2O. The van der Waals surface area contributed by atoms with Gasteiger partial charge in [0.15, 0.2) is 0 Å². The number of alkyl halides is 2. The first-order chi connectivity index (χ1) is 6.18. The van der Waals surface area contributed by atoms with Gasteiger partial charge in [-0.2, -0.15) is 0 Å². The minimum atomic E-state index is 0.274. The first-order valence-corrected chi connectivity index (χ1v) is 6.83. The van der Waals surface area contributed by atoms with Crippen molar-refractivity contribution in [2.45, 2.75) is 28.9 Å². The number of hydrogen-bond donors (Lipinski definition) is 0. The molecular weight excluding hydrogens is 296 g/mol. The summed E-state index contributed by atoms with van der Waals surface area (Å²) in [5, 5.41) is 0. The molecule has 4 saturated carbocycles. The van der Waals surface area contributed by atoms with Crippen molar-refractivity contribution < 1.29 is 4.79 Å². The van der Waals surface area contributed by atoms with E-state index in [-0.39, 0.29) is 5.92 Å². The molecule has 1 nitrogen and oxygen atoms in total. The Kier molecular flexibility index (Phi) is 1.93. The van der Waals surface area contributed by atoms with Crippen molar-refractivity contribution in [3.8, 4) is 0 Å². The van der Waals surface area contributed by atoms with E-state index >= 15 is 0 Å². The van der Waals surface area contributed by atoms with Gasteiger partial charge in [-0.05, 0) is 31.1 Å². The fraction of sp³-hybridized carbons (Fsp3) is 0.900. The summed E-state index contributed by atoms with van der Waals surface area (Å²) in [6.45, 7) is 0. The van der Waals surface area contributed by atoms with Crippen LogP contribution in [0.15, 0.2) is 0 Å². The fourth-order valence-electron chi connectivity index (χ4n) is 3.51. The Bertz CT molecular complexity index is 248. The van der Waals surface area contributed by atoms with Gasteiger partial charge in [-0.3, -0.25) is 4.79 Å². The first kappa shape index (κ1) is 8.90. The number of rotatable bonds is 0. The molecule has 4 fully saturated rings. The third kappa shape index (κ3) is 1.06. The van der Waals surface area contributed by atoms with E-state index in [9.17, 15) is 4.79 Å². The Balaban J connectivity index is 2.01. The van der Waals surface area contributed by atoms with Crippen LogP contribution in [-0.4, -0.2) is 15.4 Å². The van der Waals surface area contributed by atoms with Gasteiger partial charge in [-0.25, -0.2) is 0 Å². The molecule has 4 bridgehead atoms. The van der Waals surface area contributed by atoms with Crippen molar-refractivity contribution in [3.63, 3.8) is 0 Å². The van der Waals surface area contributed by atoms with Gasteiger partial charge >= 0.3 is 0 Å². The SMILES string of the molecule is O=C1C2CC3CC(C2)[C@H](Br)C1[C@@H]3Br. The molecule has 0 N–H and O–H groups in total. The topological polar surface area (TPSA) is 17.1 Å². The highest BCUT2D eigenvalue weighted by Gasteiger charge is 2.56. The lowest BCUT2D eigenvalue weighted by molar-refractivity contribution is -0.138. The second-order valence-electron chi connectivity index (χ2n) is 4.74. The molecule has 13 heavy (non-hydrogen) atoms. The van der Waals surface area contributed by atoms with Crippen molar-refractivity contribution in [2.24, 2.45) is 23.7 Å². The van der Waals surface area contributed by atoms with Crippen molar-refractivity contribution in [2.75, 3.05) is 0 Å². The van der Waals surface area contributed by atoms with Gasteiger partial charge in [0.05, 0.1) is 0 Å². The van der Waals surface area contributed by atoms with Gasteiger partial charge in [0.25, 0.3) is 0 Å². The van der Waals surface area contributed by atoms with Gasteiger partial charge in [0, 0.05) is 21.5 Å².